The number of carbonyl (C=O) groups is 4. The molecule has 4 heterocycles. The van der Waals surface area contributed by atoms with E-state index in [1.165, 1.54) is 7.11 Å². The van der Waals surface area contributed by atoms with Crippen LogP contribution in [0.1, 0.15) is 61.8 Å². The van der Waals surface area contributed by atoms with Crippen molar-refractivity contribution in [3.05, 3.63) is 103 Å². The van der Waals surface area contributed by atoms with Gasteiger partial charge < -0.3 is 30.2 Å². The first-order chi connectivity index (χ1) is 25.7. The monoisotopic (exact) mass is 713 g/mol. The summed E-state index contributed by atoms with van der Waals surface area (Å²) in [6.45, 7) is 4.94. The number of ether oxygens (including phenoxy) is 1. The number of nitrogens with one attached hydrogen (secondary N) is 3. The number of alkyl carbamates (subject to hydrolysis) is 1. The lowest BCUT2D eigenvalue weighted by Crippen LogP contribution is -2.51. The number of likely N-dealkylation sites (tertiary alicyclic amines) is 2. The smallest absolute Gasteiger partial charge is 0.407 e. The number of rotatable bonds is 9. The molecule has 2 aromatic heterocycles. The minimum Gasteiger partial charge on any atom is -0.453 e. The van der Waals surface area contributed by atoms with Gasteiger partial charge in [0.2, 0.25) is 11.8 Å². The van der Waals surface area contributed by atoms with Crippen LogP contribution < -0.4 is 10.6 Å². The van der Waals surface area contributed by atoms with Crippen molar-refractivity contribution in [3.8, 4) is 22.5 Å². The predicted octanol–water partition coefficient (Wildman–Crippen LogP) is 6.58. The third-order valence-electron chi connectivity index (χ3n) is 10.1. The lowest BCUT2D eigenvalue weighted by molar-refractivity contribution is -0.135. The number of nitrogens with zero attached hydrogens (tertiary/aromatic N) is 4. The number of pyridine rings is 1. The van der Waals surface area contributed by atoms with Crippen LogP contribution >= 0.6 is 0 Å². The molecule has 12 heteroatoms. The Kier molecular flexibility index (Phi) is 10.2. The number of carbonyl (C=O) groups excluding carboxylic acids is 4. The Morgan fingerprint density at radius 1 is 0.868 bits per heavy atom. The topological polar surface area (TPSA) is 150 Å². The van der Waals surface area contributed by atoms with Crippen molar-refractivity contribution in [2.45, 2.75) is 57.7 Å². The fourth-order valence-corrected chi connectivity index (χ4v) is 7.28. The van der Waals surface area contributed by atoms with Gasteiger partial charge in [0.15, 0.2) is 0 Å². The van der Waals surface area contributed by atoms with Crippen LogP contribution in [0.4, 0.5) is 10.5 Å². The summed E-state index contributed by atoms with van der Waals surface area (Å²) >= 11 is 0. The summed E-state index contributed by atoms with van der Waals surface area (Å²) < 4.78 is 4.75. The van der Waals surface area contributed by atoms with Crippen LogP contribution in [-0.2, 0) is 14.3 Å². The van der Waals surface area contributed by atoms with Crippen LogP contribution in [0.15, 0.2) is 91.1 Å². The zero-order chi connectivity index (χ0) is 37.1. The predicted molar refractivity (Wildman–Crippen MR) is 202 cm³/mol. The first-order valence-electron chi connectivity index (χ1n) is 18.1. The highest BCUT2D eigenvalue weighted by Gasteiger charge is 2.38. The van der Waals surface area contributed by atoms with E-state index in [0.29, 0.717) is 36.6 Å². The molecule has 2 saturated heterocycles. The zero-order valence-electron chi connectivity index (χ0n) is 30.0. The van der Waals surface area contributed by atoms with Gasteiger partial charge >= 0.3 is 6.09 Å². The van der Waals surface area contributed by atoms with Crippen LogP contribution in [0.2, 0.25) is 0 Å². The van der Waals surface area contributed by atoms with Crippen molar-refractivity contribution < 1.29 is 23.9 Å². The molecule has 0 bridgehead atoms. The number of hydrogen-bond donors (Lipinski definition) is 3. The first kappa shape index (κ1) is 35.4. The lowest BCUT2D eigenvalue weighted by Gasteiger charge is -2.30. The molecule has 2 fully saturated rings. The molecule has 7 rings (SSSR count). The Labute approximate surface area is 308 Å². The number of methoxy groups -OCH3 is 1. The lowest BCUT2D eigenvalue weighted by atomic mass is 10.0. The van der Waals surface area contributed by atoms with E-state index < -0.39 is 18.2 Å². The quantitative estimate of drug-likeness (QED) is 0.156. The number of H-pyrrole nitrogens is 1. The van der Waals surface area contributed by atoms with Gasteiger partial charge in [-0.2, -0.15) is 0 Å². The Balaban J connectivity index is 1.01. The molecule has 5 aromatic rings. The fourth-order valence-electron chi connectivity index (χ4n) is 7.28. The molecule has 0 radical (unpaired) electrons. The number of aromatic amines is 1. The molecule has 53 heavy (non-hydrogen) atoms. The molecular weight excluding hydrogens is 670 g/mol. The SMILES string of the molecule is COC(=O)N[C@H](C(=O)N1CCC[C@H]1c1ncc(-c2ccc(-c3ccc4cc(NC(=O)[C@@H]5CCCN5C(=O)c5ccccc5)ccc4n3)cc2)[nH]1)C(C)C. The first-order valence-corrected chi connectivity index (χ1v) is 18.1. The fraction of sp³-hybridized carbons (Fsp3) is 0.317. The standard InChI is InChI=1S/C41H43N7O5/c1-25(2)36(46-41(52)53-3)40(51)47-21-7-11-34(47)37-42-24-33(45-37)27-15-13-26(14-16-27)31-19-17-29-23-30(18-20-32(29)44-31)43-38(49)35-12-8-22-48(35)39(50)28-9-5-4-6-10-28/h4-6,9-10,13-20,23-25,34-36H,7-8,11-12,21-22H2,1-3H3,(H,42,45)(H,43,49)(H,46,52)/t34-,35-,36-/m0/s1. The highest BCUT2D eigenvalue weighted by Crippen LogP contribution is 2.33. The molecule has 3 aromatic carbocycles. The van der Waals surface area contributed by atoms with Gasteiger partial charge in [0.25, 0.3) is 5.91 Å². The summed E-state index contributed by atoms with van der Waals surface area (Å²) in [6.07, 6.45) is 4.18. The maximum absolute atomic E-state index is 13.5. The van der Waals surface area contributed by atoms with Gasteiger partial charge in [-0.15, -0.1) is 0 Å². The van der Waals surface area contributed by atoms with Gasteiger partial charge in [0.1, 0.15) is 17.9 Å². The second kappa shape index (κ2) is 15.3. The van der Waals surface area contributed by atoms with Crippen LogP contribution in [0, 0.1) is 5.92 Å². The summed E-state index contributed by atoms with van der Waals surface area (Å²) in [4.78, 5) is 68.3. The van der Waals surface area contributed by atoms with Gasteiger partial charge in [-0.3, -0.25) is 14.4 Å². The summed E-state index contributed by atoms with van der Waals surface area (Å²) in [5.41, 5.74) is 5.57. The number of hydrogen-bond acceptors (Lipinski definition) is 7. The Morgan fingerprint density at radius 3 is 2.36 bits per heavy atom. The van der Waals surface area contributed by atoms with Crippen LogP contribution in [0.25, 0.3) is 33.4 Å². The number of anilines is 1. The molecular formula is C41H43N7O5. The number of aromatic nitrogens is 3. The van der Waals surface area contributed by atoms with E-state index in [4.69, 9.17) is 9.72 Å². The second-order valence-electron chi connectivity index (χ2n) is 13.9. The average Bonchev–Trinajstić information content (AvgIpc) is 3.98. The summed E-state index contributed by atoms with van der Waals surface area (Å²) in [6, 6.07) is 25.3. The Hall–Kier alpha value is -6.04. The van der Waals surface area contributed by atoms with Gasteiger partial charge in [-0.1, -0.05) is 62.4 Å². The zero-order valence-corrected chi connectivity index (χ0v) is 30.0. The van der Waals surface area contributed by atoms with E-state index in [1.807, 2.05) is 86.6 Å². The van der Waals surface area contributed by atoms with Crippen molar-refractivity contribution in [2.24, 2.45) is 5.92 Å². The average molecular weight is 714 g/mol. The van der Waals surface area contributed by atoms with Crippen LogP contribution in [0.3, 0.4) is 0 Å². The van der Waals surface area contributed by atoms with E-state index in [9.17, 15) is 19.2 Å². The number of imidazole rings is 1. The largest absolute Gasteiger partial charge is 0.453 e. The molecule has 2 aliphatic heterocycles. The van der Waals surface area contributed by atoms with Crippen molar-refractivity contribution >= 4 is 40.4 Å². The molecule has 0 unspecified atom stereocenters. The highest BCUT2D eigenvalue weighted by molar-refractivity contribution is 6.02. The Morgan fingerprint density at radius 2 is 1.60 bits per heavy atom. The van der Waals surface area contributed by atoms with Gasteiger partial charge in [0.05, 0.1) is 36.3 Å². The maximum Gasteiger partial charge on any atom is 0.407 e. The maximum atomic E-state index is 13.5. The molecule has 0 spiro atoms. The highest BCUT2D eigenvalue weighted by atomic mass is 16.5. The molecule has 4 amide bonds. The van der Waals surface area contributed by atoms with Gasteiger partial charge in [-0.05, 0) is 73.6 Å². The van der Waals surface area contributed by atoms with Crippen molar-refractivity contribution in [1.29, 1.82) is 0 Å². The third kappa shape index (κ3) is 7.48. The Bertz CT molecular complexity index is 2130. The number of fused-ring (bicyclic) bond motifs is 1. The van der Waals surface area contributed by atoms with E-state index in [1.54, 1.807) is 28.1 Å². The summed E-state index contributed by atoms with van der Waals surface area (Å²) in [7, 11) is 1.29. The summed E-state index contributed by atoms with van der Waals surface area (Å²) in [5, 5.41) is 6.59. The number of amides is 4. The normalized spacial score (nSPS) is 17.6. The minimum atomic E-state index is -0.692. The van der Waals surface area contributed by atoms with E-state index in [0.717, 1.165) is 52.7 Å². The van der Waals surface area contributed by atoms with Crippen molar-refractivity contribution in [1.82, 2.24) is 30.1 Å². The van der Waals surface area contributed by atoms with Crippen molar-refractivity contribution in [2.75, 3.05) is 25.5 Å². The molecule has 3 N–H and O–H groups in total. The van der Waals surface area contributed by atoms with Gasteiger partial charge in [-0.25, -0.2) is 14.8 Å². The van der Waals surface area contributed by atoms with E-state index >= 15 is 0 Å². The second-order valence-corrected chi connectivity index (χ2v) is 13.9. The molecule has 2 aliphatic rings. The third-order valence-corrected chi connectivity index (χ3v) is 10.1. The molecule has 12 nitrogen and oxygen atoms in total. The minimum absolute atomic E-state index is 0.108. The van der Waals surface area contributed by atoms with Crippen molar-refractivity contribution in [3.63, 3.8) is 0 Å². The molecule has 0 aliphatic carbocycles. The van der Waals surface area contributed by atoms with Gasteiger partial charge in [0, 0.05) is 35.3 Å². The summed E-state index contributed by atoms with van der Waals surface area (Å²) in [5.74, 6) is 0.137. The van der Waals surface area contributed by atoms with Crippen LogP contribution in [0.5, 0.6) is 0 Å². The van der Waals surface area contributed by atoms with E-state index in [2.05, 4.69) is 20.6 Å². The number of benzene rings is 3. The van der Waals surface area contributed by atoms with Crippen LogP contribution in [-0.4, -0.2) is 80.8 Å². The molecule has 3 atom stereocenters. The molecule has 0 saturated carbocycles. The molecule has 272 valence electrons. The van der Waals surface area contributed by atoms with E-state index in [-0.39, 0.29) is 29.7 Å².